The van der Waals surface area contributed by atoms with Gasteiger partial charge in [0.05, 0.1) is 36.3 Å². The van der Waals surface area contributed by atoms with Gasteiger partial charge in [0.2, 0.25) is 0 Å². The molecule has 1 unspecified atom stereocenters. The van der Waals surface area contributed by atoms with E-state index in [1.807, 2.05) is 30.9 Å². The third kappa shape index (κ3) is 3.03. The number of imidazole rings is 1. The van der Waals surface area contributed by atoms with Crippen LogP contribution in [-0.4, -0.2) is 34.1 Å². The van der Waals surface area contributed by atoms with Crippen molar-refractivity contribution in [3.8, 4) is 0 Å². The number of hydrogen-bond acceptors (Lipinski definition) is 5. The van der Waals surface area contributed by atoms with E-state index in [9.17, 15) is 4.39 Å². The first kappa shape index (κ1) is 16.9. The van der Waals surface area contributed by atoms with Crippen molar-refractivity contribution in [1.82, 2.24) is 14.5 Å². The molecule has 136 valence electrons. The quantitative estimate of drug-likeness (QED) is 0.843. The summed E-state index contributed by atoms with van der Waals surface area (Å²) in [4.78, 5) is 14.7. The monoisotopic (exact) mass is 355 g/mol. The van der Waals surface area contributed by atoms with Gasteiger partial charge in [-0.05, 0) is 38.8 Å². The summed E-state index contributed by atoms with van der Waals surface area (Å²) < 4.78 is 22.6. The zero-order valence-corrected chi connectivity index (χ0v) is 15.0. The van der Waals surface area contributed by atoms with Crippen LogP contribution in [0.5, 0.6) is 0 Å². The van der Waals surface area contributed by atoms with Gasteiger partial charge in [0, 0.05) is 24.9 Å². The molecule has 2 aromatic heterocycles. The van der Waals surface area contributed by atoms with E-state index in [0.29, 0.717) is 0 Å². The van der Waals surface area contributed by atoms with Gasteiger partial charge in [-0.15, -0.1) is 0 Å². The second-order valence-electron chi connectivity index (χ2n) is 6.69. The minimum Gasteiger partial charge on any atom is -0.381 e. The highest BCUT2D eigenvalue weighted by Crippen LogP contribution is 2.37. The average molecular weight is 355 g/mol. The summed E-state index contributed by atoms with van der Waals surface area (Å²) in [7, 11) is 0. The Kier molecular flexibility index (Phi) is 4.55. The van der Waals surface area contributed by atoms with E-state index >= 15 is 0 Å². The van der Waals surface area contributed by atoms with Crippen molar-refractivity contribution in [3.05, 3.63) is 53.8 Å². The molecule has 0 aromatic carbocycles. The molecular formula is C19H22FN5O. The summed E-state index contributed by atoms with van der Waals surface area (Å²) >= 11 is 0. The molecule has 0 radical (unpaired) electrons. The molecular weight excluding hydrogens is 333 g/mol. The Morgan fingerprint density at radius 1 is 1.12 bits per heavy atom. The Labute approximate surface area is 152 Å². The molecule has 26 heavy (non-hydrogen) atoms. The maximum atomic E-state index is 14.9. The fourth-order valence-corrected chi connectivity index (χ4v) is 3.65. The lowest BCUT2D eigenvalue weighted by molar-refractivity contribution is 0.0681. The predicted octanol–water partition coefficient (Wildman–Crippen LogP) is 3.65. The molecule has 1 saturated heterocycles. The van der Waals surface area contributed by atoms with E-state index < -0.39 is 6.04 Å². The predicted molar refractivity (Wildman–Crippen MR) is 97.9 cm³/mol. The topological polar surface area (TPSA) is 55.5 Å². The van der Waals surface area contributed by atoms with Crippen LogP contribution in [0, 0.1) is 13.8 Å². The van der Waals surface area contributed by atoms with Gasteiger partial charge in [-0.1, -0.05) is 0 Å². The van der Waals surface area contributed by atoms with E-state index in [1.165, 1.54) is 6.20 Å². The summed E-state index contributed by atoms with van der Waals surface area (Å²) in [5, 5.41) is 0. The van der Waals surface area contributed by atoms with Crippen molar-refractivity contribution < 1.29 is 9.13 Å². The third-order valence-corrected chi connectivity index (χ3v) is 4.97. The molecule has 4 rings (SSSR count). The lowest BCUT2D eigenvalue weighted by Gasteiger charge is -2.34. The molecule has 1 fully saturated rings. The Bertz CT molecular complexity index is 836. The average Bonchev–Trinajstić information content (AvgIpc) is 3.04. The first-order chi connectivity index (χ1) is 12.6. The SMILES string of the molecule is Cc1ccc(N2C=NC=C(F)C2c2cnc(C)n2C2CCOCC2)cn1. The van der Waals surface area contributed by atoms with Crippen LogP contribution in [0.4, 0.5) is 10.1 Å². The summed E-state index contributed by atoms with van der Waals surface area (Å²) in [5.74, 6) is 0.588. The maximum absolute atomic E-state index is 14.9. The lowest BCUT2D eigenvalue weighted by atomic mass is 10.1. The Balaban J connectivity index is 1.75. The molecule has 1 atom stereocenters. The number of hydrogen-bond donors (Lipinski definition) is 0. The third-order valence-electron chi connectivity index (χ3n) is 4.97. The number of anilines is 1. The van der Waals surface area contributed by atoms with Crippen molar-refractivity contribution in [2.75, 3.05) is 18.1 Å². The molecule has 0 amide bonds. The fraction of sp³-hybridized carbons (Fsp3) is 0.421. The lowest BCUT2D eigenvalue weighted by Crippen LogP contribution is -2.33. The number of aliphatic imine (C=N–C) groups is 1. The maximum Gasteiger partial charge on any atom is 0.147 e. The highest BCUT2D eigenvalue weighted by atomic mass is 19.1. The van der Waals surface area contributed by atoms with Crippen molar-refractivity contribution >= 4 is 12.0 Å². The zero-order chi connectivity index (χ0) is 18.1. The van der Waals surface area contributed by atoms with Crippen molar-refractivity contribution in [2.24, 2.45) is 4.99 Å². The minimum absolute atomic E-state index is 0.269. The van der Waals surface area contributed by atoms with Crippen LogP contribution in [0.1, 0.15) is 42.1 Å². The molecule has 2 aliphatic rings. The second-order valence-corrected chi connectivity index (χ2v) is 6.69. The van der Waals surface area contributed by atoms with E-state index in [4.69, 9.17) is 4.74 Å². The van der Waals surface area contributed by atoms with Crippen molar-refractivity contribution in [3.63, 3.8) is 0 Å². The number of nitrogens with zero attached hydrogens (tertiary/aromatic N) is 5. The van der Waals surface area contributed by atoms with Gasteiger partial charge in [0.25, 0.3) is 0 Å². The summed E-state index contributed by atoms with van der Waals surface area (Å²) in [6.07, 6.45) is 8.26. The Morgan fingerprint density at radius 2 is 1.92 bits per heavy atom. The molecule has 2 aliphatic heterocycles. The van der Waals surface area contributed by atoms with Crippen LogP contribution in [0.15, 0.2) is 41.5 Å². The highest BCUT2D eigenvalue weighted by molar-refractivity contribution is 5.82. The van der Waals surface area contributed by atoms with Crippen LogP contribution in [0.3, 0.4) is 0 Å². The Hall–Kier alpha value is -2.54. The van der Waals surface area contributed by atoms with E-state index in [2.05, 4.69) is 19.5 Å². The van der Waals surface area contributed by atoms with Gasteiger partial charge in [0.15, 0.2) is 0 Å². The Morgan fingerprint density at radius 3 is 2.65 bits per heavy atom. The van der Waals surface area contributed by atoms with Crippen LogP contribution in [-0.2, 0) is 4.74 Å². The molecule has 4 heterocycles. The number of halogens is 1. The number of aromatic nitrogens is 3. The molecule has 0 spiro atoms. The van der Waals surface area contributed by atoms with Gasteiger partial charge >= 0.3 is 0 Å². The number of aryl methyl sites for hydroxylation is 2. The first-order valence-electron chi connectivity index (χ1n) is 8.86. The van der Waals surface area contributed by atoms with E-state index in [0.717, 1.165) is 49.0 Å². The summed E-state index contributed by atoms with van der Waals surface area (Å²) in [5.41, 5.74) is 2.54. The van der Waals surface area contributed by atoms with Crippen LogP contribution >= 0.6 is 0 Å². The highest BCUT2D eigenvalue weighted by Gasteiger charge is 2.32. The number of ether oxygens (including phenoxy) is 1. The van der Waals surface area contributed by atoms with Gasteiger partial charge in [-0.2, -0.15) is 0 Å². The fourth-order valence-electron chi connectivity index (χ4n) is 3.65. The molecule has 0 saturated carbocycles. The summed E-state index contributed by atoms with van der Waals surface area (Å²) in [6, 6.07) is 3.52. The van der Waals surface area contributed by atoms with Gasteiger partial charge < -0.3 is 14.2 Å². The minimum atomic E-state index is -0.596. The molecule has 0 aliphatic carbocycles. The normalized spacial score (nSPS) is 21.1. The number of rotatable bonds is 3. The second kappa shape index (κ2) is 6.99. The molecule has 2 aromatic rings. The first-order valence-corrected chi connectivity index (χ1v) is 8.86. The summed E-state index contributed by atoms with van der Waals surface area (Å²) in [6.45, 7) is 5.33. The standard InChI is InChI=1S/C19H22FN5O/c1-13-3-4-16(9-22-13)24-12-21-10-17(20)19(24)18-11-23-14(2)25(18)15-5-7-26-8-6-15/h3-4,9-12,15,19H,5-8H2,1-2H3. The largest absolute Gasteiger partial charge is 0.381 e. The molecule has 7 heteroatoms. The van der Waals surface area contributed by atoms with Gasteiger partial charge in [0.1, 0.15) is 17.7 Å². The van der Waals surface area contributed by atoms with Crippen LogP contribution < -0.4 is 4.90 Å². The number of pyridine rings is 1. The van der Waals surface area contributed by atoms with Crippen molar-refractivity contribution in [1.29, 1.82) is 0 Å². The zero-order valence-electron chi connectivity index (χ0n) is 15.0. The molecule has 0 N–H and O–H groups in total. The van der Waals surface area contributed by atoms with Gasteiger partial charge in [-0.3, -0.25) is 4.98 Å². The molecule has 0 bridgehead atoms. The van der Waals surface area contributed by atoms with E-state index in [-0.39, 0.29) is 11.9 Å². The van der Waals surface area contributed by atoms with E-state index in [1.54, 1.807) is 18.7 Å². The van der Waals surface area contributed by atoms with Gasteiger partial charge in [-0.25, -0.2) is 14.4 Å². The molecule has 6 nitrogen and oxygen atoms in total. The van der Waals surface area contributed by atoms with Crippen molar-refractivity contribution in [2.45, 2.75) is 38.8 Å². The van der Waals surface area contributed by atoms with Crippen LogP contribution in [0.25, 0.3) is 0 Å². The smallest absolute Gasteiger partial charge is 0.147 e. The van der Waals surface area contributed by atoms with Crippen LogP contribution in [0.2, 0.25) is 0 Å².